The van der Waals surface area contributed by atoms with Crippen LogP contribution in [0.15, 0.2) is 60.7 Å². The molecule has 2 amide bonds. The fourth-order valence-corrected chi connectivity index (χ4v) is 3.09. The van der Waals surface area contributed by atoms with Crippen LogP contribution in [0.5, 0.6) is 0 Å². The number of amides is 2. The lowest BCUT2D eigenvalue weighted by molar-refractivity contribution is -0.140. The third kappa shape index (κ3) is 3.79. The van der Waals surface area contributed by atoms with E-state index < -0.39 is 6.10 Å². The number of aryl methyl sites for hydroxylation is 1. The Labute approximate surface area is 162 Å². The van der Waals surface area contributed by atoms with Crippen LogP contribution in [0.3, 0.4) is 0 Å². The van der Waals surface area contributed by atoms with E-state index in [-0.39, 0.29) is 25.0 Å². The lowest BCUT2D eigenvalue weighted by Crippen LogP contribution is -2.48. The van der Waals surface area contributed by atoms with Gasteiger partial charge in [0.2, 0.25) is 5.91 Å². The summed E-state index contributed by atoms with van der Waals surface area (Å²) in [6.45, 7) is 2.06. The number of carbonyl (C=O) groups is 2. The van der Waals surface area contributed by atoms with Crippen molar-refractivity contribution in [1.82, 2.24) is 15.1 Å². The fourth-order valence-electron chi connectivity index (χ4n) is 3.09. The minimum atomic E-state index is -0.734. The van der Waals surface area contributed by atoms with Crippen LogP contribution in [-0.4, -0.2) is 40.9 Å². The third-order valence-corrected chi connectivity index (χ3v) is 4.47. The molecule has 7 nitrogen and oxygen atoms in total. The predicted octanol–water partition coefficient (Wildman–Crippen LogP) is 2.30. The number of benzene rings is 2. The molecule has 1 aliphatic heterocycles. The Bertz CT molecular complexity index is 1000. The summed E-state index contributed by atoms with van der Waals surface area (Å²) in [6, 6.07) is 19.7. The van der Waals surface area contributed by atoms with Crippen molar-refractivity contribution in [3.05, 3.63) is 66.2 Å². The van der Waals surface area contributed by atoms with Gasteiger partial charge in [-0.05, 0) is 25.1 Å². The molecule has 28 heavy (non-hydrogen) atoms. The first kappa shape index (κ1) is 17.9. The van der Waals surface area contributed by atoms with E-state index in [1.807, 2.05) is 61.5 Å². The summed E-state index contributed by atoms with van der Waals surface area (Å²) in [5.74, 6) is -0.140. The molecule has 4 rings (SSSR count). The summed E-state index contributed by atoms with van der Waals surface area (Å²) < 4.78 is 7.09. The molecule has 3 aromatic rings. The first-order valence-corrected chi connectivity index (χ1v) is 9.02. The number of rotatable bonds is 4. The molecule has 1 saturated heterocycles. The van der Waals surface area contributed by atoms with Crippen molar-refractivity contribution in [3.63, 3.8) is 0 Å². The highest BCUT2D eigenvalue weighted by Crippen LogP contribution is 2.27. The van der Waals surface area contributed by atoms with Gasteiger partial charge in [-0.15, -0.1) is 5.10 Å². The number of ether oxygens (including phenoxy) is 1. The smallest absolute Gasteiger partial charge is 0.256 e. The summed E-state index contributed by atoms with van der Waals surface area (Å²) in [4.78, 5) is 23.7. The molecule has 0 bridgehead atoms. The van der Waals surface area contributed by atoms with Crippen molar-refractivity contribution in [1.29, 1.82) is 0 Å². The molecule has 142 valence electrons. The Hall–Kier alpha value is -3.45. The van der Waals surface area contributed by atoms with Gasteiger partial charge in [-0.25, -0.2) is 4.68 Å². The number of hydrogen-bond acceptors (Lipinski definition) is 4. The van der Waals surface area contributed by atoms with Gasteiger partial charge in [0, 0.05) is 11.6 Å². The number of aromatic nitrogens is 2. The molecular weight excluding hydrogens is 356 g/mol. The Kier molecular flexibility index (Phi) is 4.90. The molecule has 1 aliphatic rings. The van der Waals surface area contributed by atoms with E-state index in [4.69, 9.17) is 4.74 Å². The highest BCUT2D eigenvalue weighted by molar-refractivity contribution is 5.95. The molecule has 2 N–H and O–H groups in total. The second-order valence-corrected chi connectivity index (χ2v) is 6.62. The van der Waals surface area contributed by atoms with Crippen LogP contribution in [-0.2, 0) is 14.3 Å². The Morgan fingerprint density at radius 2 is 2.00 bits per heavy atom. The maximum Gasteiger partial charge on any atom is 0.256 e. The van der Waals surface area contributed by atoms with Gasteiger partial charge in [-0.2, -0.15) is 0 Å². The topological polar surface area (TPSA) is 85.2 Å². The zero-order chi connectivity index (χ0) is 19.5. The van der Waals surface area contributed by atoms with E-state index in [1.165, 1.54) is 0 Å². The quantitative estimate of drug-likeness (QED) is 0.732. The summed E-state index contributed by atoms with van der Waals surface area (Å²) in [7, 11) is 0. The van der Waals surface area contributed by atoms with Gasteiger partial charge in [-0.1, -0.05) is 42.0 Å². The molecular formula is C21H20N4O3. The van der Waals surface area contributed by atoms with Crippen LogP contribution in [0.25, 0.3) is 16.9 Å². The van der Waals surface area contributed by atoms with E-state index in [2.05, 4.69) is 21.8 Å². The van der Waals surface area contributed by atoms with Gasteiger partial charge in [-0.3, -0.25) is 9.59 Å². The molecule has 0 spiro atoms. The van der Waals surface area contributed by atoms with Gasteiger partial charge in [0.1, 0.15) is 6.61 Å². The SMILES string of the molecule is Cc1cccc(-c2cc(NC(=O)C3CNC(=O)CO3)nn2-c2ccccc2)c1. The minimum Gasteiger partial charge on any atom is -0.357 e. The van der Waals surface area contributed by atoms with Gasteiger partial charge in [0.05, 0.1) is 17.9 Å². The van der Waals surface area contributed by atoms with E-state index in [0.717, 1.165) is 22.5 Å². The van der Waals surface area contributed by atoms with Crippen LogP contribution < -0.4 is 10.6 Å². The zero-order valence-corrected chi connectivity index (χ0v) is 15.4. The van der Waals surface area contributed by atoms with Gasteiger partial charge < -0.3 is 15.4 Å². The lowest BCUT2D eigenvalue weighted by Gasteiger charge is -2.21. The molecule has 1 atom stereocenters. The summed E-state index contributed by atoms with van der Waals surface area (Å²) in [5, 5.41) is 10.00. The molecule has 2 heterocycles. The maximum absolute atomic E-state index is 12.5. The maximum atomic E-state index is 12.5. The molecule has 1 aromatic heterocycles. The molecule has 2 aromatic carbocycles. The number of nitrogens with zero attached hydrogens (tertiary/aromatic N) is 2. The van der Waals surface area contributed by atoms with Gasteiger partial charge >= 0.3 is 0 Å². The average Bonchev–Trinajstić information content (AvgIpc) is 3.13. The van der Waals surface area contributed by atoms with Crippen LogP contribution in [0, 0.1) is 6.92 Å². The molecule has 1 unspecified atom stereocenters. The highest BCUT2D eigenvalue weighted by atomic mass is 16.5. The van der Waals surface area contributed by atoms with Crippen LogP contribution in [0.4, 0.5) is 5.82 Å². The summed E-state index contributed by atoms with van der Waals surface area (Å²) in [5.41, 5.74) is 3.89. The first-order valence-electron chi connectivity index (χ1n) is 9.02. The molecule has 7 heteroatoms. The normalized spacial score (nSPS) is 16.5. The number of nitrogens with one attached hydrogen (secondary N) is 2. The predicted molar refractivity (Wildman–Crippen MR) is 105 cm³/mol. The van der Waals surface area contributed by atoms with Crippen LogP contribution in [0.1, 0.15) is 5.56 Å². The molecule has 0 radical (unpaired) electrons. The largest absolute Gasteiger partial charge is 0.357 e. The number of para-hydroxylation sites is 1. The van der Waals surface area contributed by atoms with Gasteiger partial charge in [0.25, 0.3) is 5.91 Å². The van der Waals surface area contributed by atoms with E-state index in [1.54, 1.807) is 4.68 Å². The summed E-state index contributed by atoms with van der Waals surface area (Å²) >= 11 is 0. The summed E-state index contributed by atoms with van der Waals surface area (Å²) in [6.07, 6.45) is -0.734. The fraction of sp³-hybridized carbons (Fsp3) is 0.190. The standard InChI is InChI=1S/C21H20N4O3/c1-14-6-5-7-15(10-14)17-11-19(24-25(17)16-8-3-2-4-9-16)23-21(27)18-12-22-20(26)13-28-18/h2-11,18H,12-13H2,1H3,(H,22,26)(H,23,24,27). The Morgan fingerprint density at radius 1 is 1.18 bits per heavy atom. The Balaban J connectivity index is 1.65. The van der Waals surface area contributed by atoms with E-state index in [9.17, 15) is 9.59 Å². The van der Waals surface area contributed by atoms with Crippen molar-refractivity contribution in [2.75, 3.05) is 18.5 Å². The van der Waals surface area contributed by atoms with Crippen molar-refractivity contribution in [2.45, 2.75) is 13.0 Å². The van der Waals surface area contributed by atoms with E-state index >= 15 is 0 Å². The second kappa shape index (κ2) is 7.66. The lowest BCUT2D eigenvalue weighted by atomic mass is 10.1. The average molecular weight is 376 g/mol. The molecule has 0 saturated carbocycles. The van der Waals surface area contributed by atoms with Crippen LogP contribution >= 0.6 is 0 Å². The highest BCUT2D eigenvalue weighted by Gasteiger charge is 2.26. The Morgan fingerprint density at radius 3 is 2.71 bits per heavy atom. The van der Waals surface area contributed by atoms with Gasteiger partial charge in [0.15, 0.2) is 11.9 Å². The minimum absolute atomic E-state index is 0.120. The number of hydrogen-bond donors (Lipinski definition) is 2. The van der Waals surface area contributed by atoms with E-state index in [0.29, 0.717) is 5.82 Å². The third-order valence-electron chi connectivity index (χ3n) is 4.47. The van der Waals surface area contributed by atoms with Crippen LogP contribution in [0.2, 0.25) is 0 Å². The van der Waals surface area contributed by atoms with Crippen molar-refractivity contribution in [2.24, 2.45) is 0 Å². The molecule has 1 fully saturated rings. The van der Waals surface area contributed by atoms with Crippen molar-refractivity contribution >= 4 is 17.6 Å². The molecule has 0 aliphatic carbocycles. The number of anilines is 1. The van der Waals surface area contributed by atoms with Crippen molar-refractivity contribution in [3.8, 4) is 16.9 Å². The second-order valence-electron chi connectivity index (χ2n) is 6.62. The number of carbonyl (C=O) groups excluding carboxylic acids is 2. The van der Waals surface area contributed by atoms with Crippen molar-refractivity contribution < 1.29 is 14.3 Å². The number of morpholine rings is 1. The zero-order valence-electron chi connectivity index (χ0n) is 15.4. The monoisotopic (exact) mass is 376 g/mol. The first-order chi connectivity index (χ1) is 13.6.